The third-order valence-corrected chi connectivity index (χ3v) is 1.39. The number of carbonyl (C=O) groups is 1. The van der Waals surface area contributed by atoms with Crippen molar-refractivity contribution in [3.05, 3.63) is 24.0 Å². The van der Waals surface area contributed by atoms with E-state index in [0.717, 1.165) is 6.07 Å². The maximum absolute atomic E-state index is 12.6. The Morgan fingerprint density at radius 1 is 1.62 bits per heavy atom. The molecule has 1 rings (SSSR count). The van der Waals surface area contributed by atoms with Crippen molar-refractivity contribution in [2.24, 2.45) is 0 Å². The zero-order valence-corrected chi connectivity index (χ0v) is 6.67. The Morgan fingerprint density at radius 2 is 2.31 bits per heavy atom. The lowest BCUT2D eigenvalue weighted by Crippen LogP contribution is -2.10. The molecule has 0 atom stereocenters. The minimum absolute atomic E-state index is 0.183. The molecule has 4 heteroatoms. The largest absolute Gasteiger partial charge is 0.397 e. The van der Waals surface area contributed by atoms with E-state index in [1.807, 2.05) is 5.92 Å². The summed E-state index contributed by atoms with van der Waals surface area (Å²) < 4.78 is 12.6. The van der Waals surface area contributed by atoms with Crippen LogP contribution in [0.3, 0.4) is 0 Å². The van der Waals surface area contributed by atoms with Crippen molar-refractivity contribution in [3.63, 3.8) is 0 Å². The summed E-state index contributed by atoms with van der Waals surface area (Å²) >= 11 is 0. The number of carbonyl (C=O) groups excluding carboxylic acids is 1. The Hall–Kier alpha value is -2.02. The Morgan fingerprint density at radius 3 is 2.92 bits per heavy atom. The molecule has 1 aromatic rings. The fraction of sp³-hybridized carbons (Fsp3) is 0. The van der Waals surface area contributed by atoms with E-state index in [1.54, 1.807) is 0 Å². The third-order valence-electron chi connectivity index (χ3n) is 1.39. The lowest BCUT2D eigenvalue weighted by molar-refractivity contribution is -0.111. The van der Waals surface area contributed by atoms with Gasteiger partial charge in [0.15, 0.2) is 0 Å². The fourth-order valence-corrected chi connectivity index (χ4v) is 0.795. The number of hydrogen-bond donors (Lipinski definition) is 2. The first-order valence-corrected chi connectivity index (χ1v) is 3.46. The number of nitrogens with one attached hydrogen (secondary N) is 1. The van der Waals surface area contributed by atoms with E-state index in [2.05, 4.69) is 5.32 Å². The Kier molecular flexibility index (Phi) is 2.50. The van der Waals surface area contributed by atoms with Crippen molar-refractivity contribution in [3.8, 4) is 12.3 Å². The van der Waals surface area contributed by atoms with Gasteiger partial charge >= 0.3 is 0 Å². The number of anilines is 2. The predicted molar refractivity (Wildman–Crippen MR) is 48.3 cm³/mol. The second-order valence-corrected chi connectivity index (χ2v) is 2.33. The number of nitrogen functional groups attached to an aromatic ring is 1. The standard InChI is InChI=1S/C9H7FN2O/c1-2-9(13)12-8-5-6(10)3-4-7(8)11/h1,3-5H,11H2,(H,12,13). The molecule has 66 valence electrons. The van der Waals surface area contributed by atoms with Crippen LogP contribution < -0.4 is 11.1 Å². The number of halogens is 1. The molecule has 0 aromatic heterocycles. The normalized spacial score (nSPS) is 8.92. The van der Waals surface area contributed by atoms with Crippen molar-refractivity contribution in [2.75, 3.05) is 11.1 Å². The molecule has 3 nitrogen and oxygen atoms in total. The van der Waals surface area contributed by atoms with Crippen LogP contribution in [-0.4, -0.2) is 5.91 Å². The van der Waals surface area contributed by atoms with Gasteiger partial charge in [0.25, 0.3) is 5.91 Å². The van der Waals surface area contributed by atoms with Gasteiger partial charge in [-0.1, -0.05) is 0 Å². The highest BCUT2D eigenvalue weighted by Crippen LogP contribution is 2.18. The van der Waals surface area contributed by atoms with Gasteiger partial charge in [-0.2, -0.15) is 0 Å². The maximum atomic E-state index is 12.6. The number of amides is 1. The van der Waals surface area contributed by atoms with Gasteiger partial charge in [0.1, 0.15) is 5.82 Å². The van der Waals surface area contributed by atoms with Crippen LogP contribution >= 0.6 is 0 Å². The molecule has 0 spiro atoms. The van der Waals surface area contributed by atoms with Crippen molar-refractivity contribution in [1.29, 1.82) is 0 Å². The topological polar surface area (TPSA) is 55.1 Å². The van der Waals surface area contributed by atoms with E-state index in [0.29, 0.717) is 0 Å². The highest BCUT2D eigenvalue weighted by Gasteiger charge is 2.03. The Labute approximate surface area is 74.7 Å². The highest BCUT2D eigenvalue weighted by atomic mass is 19.1. The zero-order chi connectivity index (χ0) is 9.84. The molecular formula is C9H7FN2O. The third kappa shape index (κ3) is 2.20. The van der Waals surface area contributed by atoms with Gasteiger partial charge in [-0.25, -0.2) is 4.39 Å². The summed E-state index contributed by atoms with van der Waals surface area (Å²) in [6.45, 7) is 0. The zero-order valence-electron chi connectivity index (χ0n) is 6.67. The van der Waals surface area contributed by atoms with Gasteiger partial charge in [0.2, 0.25) is 0 Å². The second kappa shape index (κ2) is 3.59. The van der Waals surface area contributed by atoms with Gasteiger partial charge in [0, 0.05) is 0 Å². The van der Waals surface area contributed by atoms with Gasteiger partial charge in [0.05, 0.1) is 11.4 Å². The lowest BCUT2D eigenvalue weighted by atomic mass is 10.2. The monoisotopic (exact) mass is 178 g/mol. The number of rotatable bonds is 1. The van der Waals surface area contributed by atoms with Crippen LogP contribution in [0.2, 0.25) is 0 Å². The van der Waals surface area contributed by atoms with Gasteiger partial charge in [-0.15, -0.1) is 6.42 Å². The highest BCUT2D eigenvalue weighted by molar-refractivity contribution is 6.05. The first kappa shape index (κ1) is 9.07. The summed E-state index contributed by atoms with van der Waals surface area (Å²) in [6.07, 6.45) is 4.81. The second-order valence-electron chi connectivity index (χ2n) is 2.33. The van der Waals surface area contributed by atoms with Crippen molar-refractivity contribution < 1.29 is 9.18 Å². The van der Waals surface area contributed by atoms with Gasteiger partial charge in [-0.05, 0) is 24.1 Å². The van der Waals surface area contributed by atoms with Crippen LogP contribution in [0.1, 0.15) is 0 Å². The average molecular weight is 178 g/mol. The maximum Gasteiger partial charge on any atom is 0.300 e. The molecular weight excluding hydrogens is 171 g/mol. The SMILES string of the molecule is C#CC(=O)Nc1cc(F)ccc1N. The summed E-state index contributed by atoms with van der Waals surface area (Å²) in [5.41, 5.74) is 5.89. The molecule has 1 aromatic carbocycles. The molecule has 0 saturated heterocycles. The number of nitrogens with two attached hydrogens (primary N) is 1. The van der Waals surface area contributed by atoms with Crippen LogP contribution in [0.4, 0.5) is 15.8 Å². The molecule has 13 heavy (non-hydrogen) atoms. The Balaban J connectivity index is 2.95. The number of benzene rings is 1. The van der Waals surface area contributed by atoms with Crippen LogP contribution in [0.15, 0.2) is 18.2 Å². The van der Waals surface area contributed by atoms with Crippen LogP contribution in [0.25, 0.3) is 0 Å². The molecule has 3 N–H and O–H groups in total. The van der Waals surface area contributed by atoms with E-state index >= 15 is 0 Å². The first-order chi connectivity index (χ1) is 6.13. The summed E-state index contributed by atoms with van der Waals surface area (Å²) in [7, 11) is 0. The smallest absolute Gasteiger partial charge is 0.300 e. The molecule has 0 aliphatic rings. The van der Waals surface area contributed by atoms with Crippen molar-refractivity contribution in [1.82, 2.24) is 0 Å². The number of terminal acetylenes is 1. The van der Waals surface area contributed by atoms with Crippen LogP contribution in [0, 0.1) is 18.2 Å². The van der Waals surface area contributed by atoms with Gasteiger partial charge in [-0.3, -0.25) is 4.79 Å². The summed E-state index contributed by atoms with van der Waals surface area (Å²) in [5, 5.41) is 2.26. The summed E-state index contributed by atoms with van der Waals surface area (Å²) in [4.78, 5) is 10.7. The average Bonchev–Trinajstić information content (AvgIpc) is 2.11. The molecule has 0 fully saturated rings. The molecule has 0 heterocycles. The quantitative estimate of drug-likeness (QED) is 0.497. The minimum Gasteiger partial charge on any atom is -0.397 e. The van der Waals surface area contributed by atoms with E-state index in [-0.39, 0.29) is 11.4 Å². The molecule has 0 saturated carbocycles. The summed E-state index contributed by atoms with van der Waals surface area (Å²) in [6, 6.07) is 3.65. The van der Waals surface area contributed by atoms with E-state index < -0.39 is 11.7 Å². The molecule has 0 aliphatic carbocycles. The molecule has 1 amide bonds. The summed E-state index contributed by atoms with van der Waals surface area (Å²) in [5.74, 6) is 0.692. The molecule has 0 unspecified atom stereocenters. The predicted octanol–water partition coefficient (Wildman–Crippen LogP) is 0.980. The molecule has 0 radical (unpaired) electrons. The first-order valence-electron chi connectivity index (χ1n) is 3.46. The Bertz CT molecular complexity index is 382. The van der Waals surface area contributed by atoms with E-state index in [4.69, 9.17) is 12.2 Å². The van der Waals surface area contributed by atoms with Gasteiger partial charge < -0.3 is 11.1 Å². The lowest BCUT2D eigenvalue weighted by Gasteiger charge is -2.04. The number of hydrogen-bond acceptors (Lipinski definition) is 2. The van der Waals surface area contributed by atoms with Crippen LogP contribution in [-0.2, 0) is 4.79 Å². The fourth-order valence-electron chi connectivity index (χ4n) is 0.795. The molecule has 0 bridgehead atoms. The van der Waals surface area contributed by atoms with Crippen molar-refractivity contribution in [2.45, 2.75) is 0 Å². The minimum atomic E-state index is -0.655. The van der Waals surface area contributed by atoms with E-state index in [1.165, 1.54) is 12.1 Å². The molecule has 0 aliphatic heterocycles. The van der Waals surface area contributed by atoms with Crippen LogP contribution in [0.5, 0.6) is 0 Å². The van der Waals surface area contributed by atoms with E-state index in [9.17, 15) is 9.18 Å². The van der Waals surface area contributed by atoms with Crippen molar-refractivity contribution >= 4 is 17.3 Å².